The third-order valence-corrected chi connectivity index (χ3v) is 1.94. The maximum absolute atomic E-state index is 10.9. The van der Waals surface area contributed by atoms with Gasteiger partial charge in [0.1, 0.15) is 13.2 Å². The second kappa shape index (κ2) is 6.64. The van der Waals surface area contributed by atoms with Crippen LogP contribution in [0, 0.1) is 0 Å². The maximum atomic E-state index is 10.9. The van der Waals surface area contributed by atoms with E-state index in [4.69, 9.17) is 9.47 Å². The summed E-state index contributed by atoms with van der Waals surface area (Å²) in [5.74, 6) is 0. The summed E-state index contributed by atoms with van der Waals surface area (Å²) in [4.78, 5) is 10.9. The van der Waals surface area contributed by atoms with Crippen molar-refractivity contribution >= 4 is 28.7 Å². The van der Waals surface area contributed by atoms with E-state index < -0.39 is 6.16 Å². The van der Waals surface area contributed by atoms with Crippen molar-refractivity contribution < 1.29 is 14.3 Å². The minimum Gasteiger partial charge on any atom is -0.433 e. The molecule has 0 unspecified atom stereocenters. The fourth-order valence-electron chi connectivity index (χ4n) is 0.880. The lowest BCUT2D eigenvalue weighted by molar-refractivity contribution is 0.0547. The molecule has 0 atom stereocenters. The predicted molar refractivity (Wildman–Crippen MR) is 61.5 cm³/mol. The molecule has 76 valence electrons. The first-order valence-corrected chi connectivity index (χ1v) is 5.75. The van der Waals surface area contributed by atoms with Crippen LogP contribution in [0.15, 0.2) is 30.3 Å². The van der Waals surface area contributed by atoms with Gasteiger partial charge in [-0.3, -0.25) is 0 Å². The average Bonchev–Trinajstić information content (AvgIpc) is 2.25. The number of hydrogen-bond donors (Lipinski definition) is 0. The first kappa shape index (κ1) is 11.3. The van der Waals surface area contributed by atoms with Gasteiger partial charge in [0.05, 0.1) is 0 Å². The first-order chi connectivity index (χ1) is 6.83. The molecule has 0 bridgehead atoms. The molecule has 0 aliphatic rings. The highest BCUT2D eigenvalue weighted by molar-refractivity contribution is 14.1. The summed E-state index contributed by atoms with van der Waals surface area (Å²) in [5, 5.41) is 0. The summed E-state index contributed by atoms with van der Waals surface area (Å²) >= 11 is 2.13. The molecule has 1 rings (SSSR count). The fraction of sp³-hybridized carbons (Fsp3) is 0.300. The van der Waals surface area contributed by atoms with Crippen LogP contribution < -0.4 is 0 Å². The Bertz CT molecular complexity index is 274. The highest BCUT2D eigenvalue weighted by atomic mass is 127. The Labute approximate surface area is 96.5 Å². The van der Waals surface area contributed by atoms with Crippen molar-refractivity contribution in [3.05, 3.63) is 35.9 Å². The summed E-state index contributed by atoms with van der Waals surface area (Å²) in [7, 11) is 0. The third-order valence-electron chi connectivity index (χ3n) is 1.50. The molecular weight excluding hydrogens is 295 g/mol. The Morgan fingerprint density at radius 2 is 1.93 bits per heavy atom. The van der Waals surface area contributed by atoms with Crippen molar-refractivity contribution in [1.29, 1.82) is 0 Å². The van der Waals surface area contributed by atoms with Crippen LogP contribution >= 0.6 is 22.6 Å². The molecule has 0 heterocycles. The van der Waals surface area contributed by atoms with Gasteiger partial charge in [-0.05, 0) is 5.56 Å². The number of ether oxygens (including phenoxy) is 2. The Balaban J connectivity index is 2.24. The van der Waals surface area contributed by atoms with Gasteiger partial charge in [0.25, 0.3) is 0 Å². The molecule has 0 N–H and O–H groups in total. The van der Waals surface area contributed by atoms with Crippen LogP contribution in [0.4, 0.5) is 4.79 Å². The van der Waals surface area contributed by atoms with Crippen molar-refractivity contribution in [1.82, 2.24) is 0 Å². The van der Waals surface area contributed by atoms with Crippen molar-refractivity contribution in [2.45, 2.75) is 6.61 Å². The van der Waals surface area contributed by atoms with Crippen LogP contribution in [0.2, 0.25) is 0 Å². The zero-order valence-electron chi connectivity index (χ0n) is 7.61. The predicted octanol–water partition coefficient (Wildman–Crippen LogP) is 2.77. The van der Waals surface area contributed by atoms with Crippen LogP contribution in [-0.2, 0) is 16.1 Å². The zero-order valence-corrected chi connectivity index (χ0v) is 9.77. The number of alkyl halides is 1. The third kappa shape index (κ3) is 4.45. The van der Waals surface area contributed by atoms with Crippen LogP contribution in [0.3, 0.4) is 0 Å². The van der Waals surface area contributed by atoms with Gasteiger partial charge >= 0.3 is 6.16 Å². The molecule has 0 saturated carbocycles. The molecular formula is C10H11IO3. The molecule has 0 fully saturated rings. The topological polar surface area (TPSA) is 35.5 Å². The average molecular weight is 306 g/mol. The number of benzene rings is 1. The van der Waals surface area contributed by atoms with Gasteiger partial charge < -0.3 is 9.47 Å². The van der Waals surface area contributed by atoms with Crippen molar-refractivity contribution in [2.24, 2.45) is 0 Å². The van der Waals surface area contributed by atoms with E-state index in [1.807, 2.05) is 30.3 Å². The number of halogens is 1. The van der Waals surface area contributed by atoms with E-state index in [0.717, 1.165) is 9.99 Å². The molecule has 4 heteroatoms. The number of rotatable bonds is 4. The molecule has 0 aliphatic carbocycles. The van der Waals surface area contributed by atoms with Gasteiger partial charge in [-0.2, -0.15) is 0 Å². The number of carbonyl (C=O) groups is 1. The quantitative estimate of drug-likeness (QED) is 0.487. The molecule has 0 saturated heterocycles. The van der Waals surface area contributed by atoms with Crippen LogP contribution in [-0.4, -0.2) is 17.2 Å². The minimum absolute atomic E-state index is 0.265. The van der Waals surface area contributed by atoms with Gasteiger partial charge in [0, 0.05) is 4.43 Å². The van der Waals surface area contributed by atoms with Crippen LogP contribution in [0.5, 0.6) is 0 Å². The van der Waals surface area contributed by atoms with Gasteiger partial charge in [0.15, 0.2) is 0 Å². The van der Waals surface area contributed by atoms with E-state index >= 15 is 0 Å². The second-order valence-corrected chi connectivity index (χ2v) is 3.64. The van der Waals surface area contributed by atoms with Gasteiger partial charge in [-0.1, -0.05) is 52.9 Å². The van der Waals surface area contributed by atoms with Gasteiger partial charge in [-0.15, -0.1) is 0 Å². The molecule has 0 radical (unpaired) electrons. The van der Waals surface area contributed by atoms with Crippen molar-refractivity contribution in [3.63, 3.8) is 0 Å². The molecule has 0 spiro atoms. The molecule has 0 amide bonds. The molecule has 0 aromatic heterocycles. The molecule has 0 aliphatic heterocycles. The molecule has 1 aromatic rings. The van der Waals surface area contributed by atoms with E-state index in [2.05, 4.69) is 22.6 Å². The van der Waals surface area contributed by atoms with Gasteiger partial charge in [0.2, 0.25) is 0 Å². The Kier molecular flexibility index (Phi) is 5.36. The Morgan fingerprint density at radius 1 is 1.21 bits per heavy atom. The van der Waals surface area contributed by atoms with E-state index in [9.17, 15) is 4.79 Å². The highest BCUT2D eigenvalue weighted by Crippen LogP contribution is 2.01. The summed E-state index contributed by atoms with van der Waals surface area (Å²) in [6, 6.07) is 9.50. The summed E-state index contributed by atoms with van der Waals surface area (Å²) < 4.78 is 10.4. The summed E-state index contributed by atoms with van der Waals surface area (Å²) in [6.45, 7) is 0.662. The smallest absolute Gasteiger partial charge is 0.433 e. The first-order valence-electron chi connectivity index (χ1n) is 4.22. The SMILES string of the molecule is O=C(OCCI)OCc1ccccc1. The van der Waals surface area contributed by atoms with Crippen LogP contribution in [0.25, 0.3) is 0 Å². The second-order valence-electron chi connectivity index (χ2n) is 2.56. The number of carbonyl (C=O) groups excluding carboxylic acids is 1. The lowest BCUT2D eigenvalue weighted by atomic mass is 10.2. The molecule has 3 nitrogen and oxygen atoms in total. The monoisotopic (exact) mass is 306 g/mol. The van der Waals surface area contributed by atoms with Crippen molar-refractivity contribution in [2.75, 3.05) is 11.0 Å². The minimum atomic E-state index is -0.606. The molecule has 1 aromatic carbocycles. The lowest BCUT2D eigenvalue weighted by Gasteiger charge is -2.04. The standard InChI is InChI=1S/C10H11IO3/c11-6-7-13-10(12)14-8-9-4-2-1-3-5-9/h1-5H,6-8H2. The van der Waals surface area contributed by atoms with Crippen LogP contribution in [0.1, 0.15) is 5.56 Å². The normalized spacial score (nSPS) is 9.50. The Hall–Kier alpha value is -0.780. The van der Waals surface area contributed by atoms with E-state index in [1.54, 1.807) is 0 Å². The lowest BCUT2D eigenvalue weighted by Crippen LogP contribution is -2.08. The summed E-state index contributed by atoms with van der Waals surface area (Å²) in [6.07, 6.45) is -0.606. The van der Waals surface area contributed by atoms with Gasteiger partial charge in [-0.25, -0.2) is 4.79 Å². The van der Waals surface area contributed by atoms with Crippen molar-refractivity contribution in [3.8, 4) is 0 Å². The fourth-order valence-corrected chi connectivity index (χ4v) is 1.10. The summed E-state index contributed by atoms with van der Waals surface area (Å²) in [5.41, 5.74) is 0.957. The van der Waals surface area contributed by atoms with E-state index in [0.29, 0.717) is 6.61 Å². The van der Waals surface area contributed by atoms with E-state index in [-0.39, 0.29) is 6.61 Å². The zero-order chi connectivity index (χ0) is 10.2. The maximum Gasteiger partial charge on any atom is 0.508 e. The largest absolute Gasteiger partial charge is 0.508 e. The van der Waals surface area contributed by atoms with E-state index in [1.165, 1.54) is 0 Å². The Morgan fingerprint density at radius 3 is 2.57 bits per heavy atom. The highest BCUT2D eigenvalue weighted by Gasteiger charge is 2.02. The number of hydrogen-bond acceptors (Lipinski definition) is 3. The molecule has 14 heavy (non-hydrogen) atoms.